The summed E-state index contributed by atoms with van der Waals surface area (Å²) in [5.41, 5.74) is 1.39. The molecular formula is C15H23NSi. The highest BCUT2D eigenvalue weighted by Gasteiger charge is 2.27. The molecular weight excluding hydrogens is 222 g/mol. The minimum Gasteiger partial charge on any atom is -0.311 e. The molecule has 0 saturated heterocycles. The van der Waals surface area contributed by atoms with E-state index in [0.717, 1.165) is 13.0 Å². The van der Waals surface area contributed by atoms with Crippen molar-refractivity contribution in [1.82, 2.24) is 4.57 Å². The Balaban J connectivity index is 2.73. The molecule has 1 aromatic rings. The quantitative estimate of drug-likeness (QED) is 0.568. The van der Waals surface area contributed by atoms with Gasteiger partial charge < -0.3 is 4.57 Å². The van der Waals surface area contributed by atoms with E-state index in [0.29, 0.717) is 6.04 Å². The second-order valence-electron chi connectivity index (χ2n) is 5.54. The van der Waals surface area contributed by atoms with Crippen molar-refractivity contribution in [3.8, 4) is 12.3 Å². The van der Waals surface area contributed by atoms with E-state index in [2.05, 4.69) is 67.4 Å². The number of nitrogens with zero attached hydrogens (tertiary/aromatic N) is 1. The number of hydrogen-bond acceptors (Lipinski definition) is 1. The van der Waals surface area contributed by atoms with Gasteiger partial charge in [0.05, 0.1) is 6.54 Å². The molecule has 0 N–H and O–H groups in total. The fourth-order valence-electron chi connectivity index (χ4n) is 2.22. The first-order chi connectivity index (χ1) is 7.95. The largest absolute Gasteiger partial charge is 0.311 e. The minimum atomic E-state index is -1.33. The molecule has 1 rings (SSSR count). The summed E-state index contributed by atoms with van der Waals surface area (Å²) in [5, 5.41) is 0. The first kappa shape index (κ1) is 14.0. The van der Waals surface area contributed by atoms with Gasteiger partial charge in [-0.15, -0.1) is 6.42 Å². The Hall–Kier alpha value is -1.04. The van der Waals surface area contributed by atoms with Crippen LogP contribution in [0, 0.1) is 12.3 Å². The van der Waals surface area contributed by atoms with Crippen LogP contribution in [0.15, 0.2) is 30.3 Å². The molecule has 17 heavy (non-hydrogen) atoms. The highest BCUT2D eigenvalue weighted by atomic mass is 28.3. The van der Waals surface area contributed by atoms with Crippen LogP contribution < -0.4 is 0 Å². The Morgan fingerprint density at radius 3 is 2.29 bits per heavy atom. The zero-order chi connectivity index (χ0) is 12.9. The normalized spacial score (nSPS) is 13.4. The standard InChI is InChI=1S/C15H23NSi/c1-6-12-16(17(3,4)5)14(2)13-15-10-8-7-9-11-15/h1,7-11,14H,12-13H2,2-5H3. The van der Waals surface area contributed by atoms with Crippen LogP contribution in [0.2, 0.25) is 19.6 Å². The average Bonchev–Trinajstić information content (AvgIpc) is 2.25. The lowest BCUT2D eigenvalue weighted by Gasteiger charge is -2.37. The lowest BCUT2D eigenvalue weighted by Crippen LogP contribution is -2.51. The lowest BCUT2D eigenvalue weighted by molar-refractivity contribution is 0.366. The third-order valence-electron chi connectivity index (χ3n) is 3.03. The Kier molecular flexibility index (Phi) is 4.98. The van der Waals surface area contributed by atoms with E-state index >= 15 is 0 Å². The van der Waals surface area contributed by atoms with Crippen molar-refractivity contribution in [2.24, 2.45) is 0 Å². The minimum absolute atomic E-state index is 0.514. The monoisotopic (exact) mass is 245 g/mol. The molecule has 2 heteroatoms. The number of terminal acetylenes is 1. The second-order valence-corrected chi connectivity index (χ2v) is 10.5. The van der Waals surface area contributed by atoms with E-state index in [1.807, 2.05) is 0 Å². The van der Waals surface area contributed by atoms with Crippen molar-refractivity contribution in [1.29, 1.82) is 0 Å². The van der Waals surface area contributed by atoms with Crippen molar-refractivity contribution in [3.63, 3.8) is 0 Å². The zero-order valence-corrected chi connectivity index (χ0v) is 12.4. The molecule has 1 atom stereocenters. The topological polar surface area (TPSA) is 3.24 Å². The highest BCUT2D eigenvalue weighted by molar-refractivity contribution is 6.73. The maximum atomic E-state index is 5.49. The van der Waals surface area contributed by atoms with Gasteiger partial charge in [-0.2, -0.15) is 0 Å². The second kappa shape index (κ2) is 6.04. The van der Waals surface area contributed by atoms with Gasteiger partial charge in [-0.25, -0.2) is 0 Å². The van der Waals surface area contributed by atoms with Gasteiger partial charge >= 0.3 is 0 Å². The third-order valence-corrected chi connectivity index (χ3v) is 5.35. The molecule has 0 aliphatic heterocycles. The summed E-state index contributed by atoms with van der Waals surface area (Å²) >= 11 is 0. The Morgan fingerprint density at radius 2 is 1.82 bits per heavy atom. The van der Waals surface area contributed by atoms with Crippen LogP contribution in [-0.2, 0) is 6.42 Å². The fourth-order valence-corrected chi connectivity index (χ4v) is 4.20. The number of rotatable bonds is 5. The Labute approximate surface area is 107 Å². The van der Waals surface area contributed by atoms with Crippen molar-refractivity contribution < 1.29 is 0 Å². The molecule has 0 bridgehead atoms. The summed E-state index contributed by atoms with van der Waals surface area (Å²) in [6, 6.07) is 11.2. The fraction of sp³-hybridized carbons (Fsp3) is 0.467. The third kappa shape index (κ3) is 4.38. The van der Waals surface area contributed by atoms with Gasteiger partial charge in [0, 0.05) is 6.04 Å². The first-order valence-corrected chi connectivity index (χ1v) is 9.64. The highest BCUT2D eigenvalue weighted by Crippen LogP contribution is 2.16. The molecule has 1 aromatic carbocycles. The van der Waals surface area contributed by atoms with Gasteiger partial charge in [-0.1, -0.05) is 55.9 Å². The number of benzene rings is 1. The average molecular weight is 245 g/mol. The Morgan fingerprint density at radius 1 is 1.24 bits per heavy atom. The Bertz CT molecular complexity index is 372. The van der Waals surface area contributed by atoms with Crippen LogP contribution in [0.5, 0.6) is 0 Å². The predicted molar refractivity (Wildman–Crippen MR) is 78.5 cm³/mol. The van der Waals surface area contributed by atoms with E-state index < -0.39 is 8.24 Å². The van der Waals surface area contributed by atoms with Crippen LogP contribution in [0.1, 0.15) is 12.5 Å². The molecule has 0 radical (unpaired) electrons. The van der Waals surface area contributed by atoms with Crippen molar-refractivity contribution in [3.05, 3.63) is 35.9 Å². The van der Waals surface area contributed by atoms with Crippen LogP contribution in [0.4, 0.5) is 0 Å². The smallest absolute Gasteiger partial charge is 0.120 e. The molecule has 0 saturated carbocycles. The molecule has 92 valence electrons. The summed E-state index contributed by atoms with van der Waals surface area (Å²) in [6.45, 7) is 10.1. The SMILES string of the molecule is C#CCN(C(C)Cc1ccccc1)[Si](C)(C)C. The van der Waals surface area contributed by atoms with Crippen molar-refractivity contribution in [2.75, 3.05) is 6.54 Å². The maximum Gasteiger partial charge on any atom is 0.120 e. The van der Waals surface area contributed by atoms with Crippen LogP contribution in [0.25, 0.3) is 0 Å². The molecule has 0 heterocycles. The van der Waals surface area contributed by atoms with Gasteiger partial charge in [0.15, 0.2) is 0 Å². The van der Waals surface area contributed by atoms with E-state index in [-0.39, 0.29) is 0 Å². The molecule has 0 amide bonds. The maximum absolute atomic E-state index is 5.49. The van der Waals surface area contributed by atoms with E-state index in [9.17, 15) is 0 Å². The van der Waals surface area contributed by atoms with E-state index in [1.54, 1.807) is 0 Å². The molecule has 1 unspecified atom stereocenters. The van der Waals surface area contributed by atoms with Crippen molar-refractivity contribution in [2.45, 2.75) is 39.0 Å². The van der Waals surface area contributed by atoms with Gasteiger partial charge in [0.2, 0.25) is 0 Å². The molecule has 0 spiro atoms. The van der Waals surface area contributed by atoms with Crippen LogP contribution in [0.3, 0.4) is 0 Å². The molecule has 0 aromatic heterocycles. The number of hydrogen-bond donors (Lipinski definition) is 0. The molecule has 0 aliphatic carbocycles. The summed E-state index contributed by atoms with van der Waals surface area (Å²) in [6.07, 6.45) is 6.56. The predicted octanol–water partition coefficient (Wildman–Crippen LogP) is 3.39. The summed E-state index contributed by atoms with van der Waals surface area (Å²) < 4.78 is 2.51. The van der Waals surface area contributed by atoms with E-state index in [1.165, 1.54) is 5.56 Å². The molecule has 0 aliphatic rings. The molecule has 1 nitrogen and oxygen atoms in total. The summed E-state index contributed by atoms with van der Waals surface area (Å²) in [4.78, 5) is 0. The van der Waals surface area contributed by atoms with Gasteiger partial charge in [-0.05, 0) is 18.9 Å². The zero-order valence-electron chi connectivity index (χ0n) is 11.4. The van der Waals surface area contributed by atoms with Crippen LogP contribution in [-0.4, -0.2) is 25.4 Å². The van der Waals surface area contributed by atoms with E-state index in [4.69, 9.17) is 6.42 Å². The van der Waals surface area contributed by atoms with Gasteiger partial charge in [0.1, 0.15) is 8.24 Å². The summed E-state index contributed by atoms with van der Waals surface area (Å²) in [5.74, 6) is 2.80. The first-order valence-electron chi connectivity index (χ1n) is 6.19. The lowest BCUT2D eigenvalue weighted by atomic mass is 10.1. The van der Waals surface area contributed by atoms with Crippen molar-refractivity contribution >= 4 is 8.24 Å². The molecule has 0 fully saturated rings. The summed E-state index contributed by atoms with van der Waals surface area (Å²) in [7, 11) is -1.33. The van der Waals surface area contributed by atoms with Gasteiger partial charge in [0.25, 0.3) is 0 Å². The van der Waals surface area contributed by atoms with Crippen LogP contribution >= 0.6 is 0 Å². The van der Waals surface area contributed by atoms with Gasteiger partial charge in [-0.3, -0.25) is 0 Å².